The zero-order valence-electron chi connectivity index (χ0n) is 18.0. The van der Waals surface area contributed by atoms with E-state index in [0.29, 0.717) is 34.3 Å². The van der Waals surface area contributed by atoms with Gasteiger partial charge < -0.3 is 4.52 Å². The summed E-state index contributed by atoms with van der Waals surface area (Å²) in [6, 6.07) is 9.44. The van der Waals surface area contributed by atoms with Crippen LogP contribution in [0.3, 0.4) is 0 Å². The molecule has 5 aromatic rings. The molecule has 1 aliphatic heterocycles. The maximum atomic E-state index is 14.3. The second-order valence-electron chi connectivity index (χ2n) is 7.92. The zero-order valence-corrected chi connectivity index (χ0v) is 20.1. The topological polar surface area (TPSA) is 105 Å². The van der Waals surface area contributed by atoms with E-state index in [1.165, 1.54) is 41.1 Å². The molecule has 0 aliphatic carbocycles. The minimum atomic E-state index is -0.451. The van der Waals surface area contributed by atoms with Gasteiger partial charge in [-0.3, -0.25) is 9.36 Å². The molecule has 1 aliphatic rings. The fourth-order valence-electron chi connectivity index (χ4n) is 4.03. The molecule has 0 saturated heterocycles. The predicted molar refractivity (Wildman–Crippen MR) is 127 cm³/mol. The van der Waals surface area contributed by atoms with Crippen LogP contribution in [0.2, 0.25) is 0 Å². The highest BCUT2D eigenvalue weighted by atomic mass is 127. The van der Waals surface area contributed by atoms with Gasteiger partial charge in [0.2, 0.25) is 17.5 Å². The van der Waals surface area contributed by atoms with E-state index in [4.69, 9.17) is 4.52 Å². The molecule has 0 spiro atoms. The Morgan fingerprint density at radius 1 is 1.09 bits per heavy atom. The van der Waals surface area contributed by atoms with Crippen molar-refractivity contribution in [1.82, 2.24) is 34.7 Å². The molecule has 0 saturated carbocycles. The number of aromatic nitrogens is 7. The van der Waals surface area contributed by atoms with Crippen molar-refractivity contribution in [1.29, 1.82) is 0 Å². The highest BCUT2D eigenvalue weighted by Crippen LogP contribution is 2.34. The third-order valence-corrected chi connectivity index (χ3v) is 6.24. The summed E-state index contributed by atoms with van der Waals surface area (Å²) >= 11 is 2.17. The average Bonchev–Trinajstić information content (AvgIpc) is 3.57. The van der Waals surface area contributed by atoms with Crippen molar-refractivity contribution in [2.45, 2.75) is 17.3 Å². The largest absolute Gasteiger partial charge is 0.338 e. The van der Waals surface area contributed by atoms with Crippen LogP contribution in [0.15, 0.2) is 53.3 Å². The Hall–Kier alpha value is -3.81. The lowest BCUT2D eigenvalue weighted by Gasteiger charge is -2.09. The van der Waals surface area contributed by atoms with Crippen LogP contribution in [0.5, 0.6) is 0 Å². The number of hydrogen-bond donors (Lipinski definition) is 0. The van der Waals surface area contributed by atoms with E-state index in [-0.39, 0.29) is 27.4 Å². The maximum absolute atomic E-state index is 14.3. The summed E-state index contributed by atoms with van der Waals surface area (Å²) in [6.07, 6.45) is 1.72. The highest BCUT2D eigenvalue weighted by Gasteiger charge is 2.31. The lowest BCUT2D eigenvalue weighted by Crippen LogP contribution is -2.09. The number of imidazole rings is 1. The highest BCUT2D eigenvalue weighted by molar-refractivity contribution is 14.1. The standard InChI is InChI=1S/C23H14F2IN7O2/c1-11(26)23-28-22(30-35-23)20-17-9-18-19(21(34)12-2-4-13(24)5-3-12)29-31-33(18)15-7-6-14(25)8-16(15)32(17)10-27-20/h2-8,10-11H,9H2,1H3. The quantitative estimate of drug-likeness (QED) is 0.172. The first kappa shape index (κ1) is 21.7. The van der Waals surface area contributed by atoms with Crippen molar-refractivity contribution >= 4 is 28.4 Å². The van der Waals surface area contributed by atoms with Gasteiger partial charge in [-0.1, -0.05) is 33.0 Å². The number of hydrogen-bond acceptors (Lipinski definition) is 7. The van der Waals surface area contributed by atoms with Crippen LogP contribution < -0.4 is 0 Å². The van der Waals surface area contributed by atoms with Crippen molar-refractivity contribution < 1.29 is 18.1 Å². The first-order valence-electron chi connectivity index (χ1n) is 10.5. The molecule has 0 fully saturated rings. The number of fused-ring (bicyclic) bond motifs is 5. The Balaban J connectivity index is 1.55. The minimum Gasteiger partial charge on any atom is -0.338 e. The number of benzene rings is 2. The molecule has 12 heteroatoms. The third-order valence-electron chi connectivity index (χ3n) is 5.71. The summed E-state index contributed by atoms with van der Waals surface area (Å²) in [6.45, 7) is 1.92. The smallest absolute Gasteiger partial charge is 0.239 e. The van der Waals surface area contributed by atoms with E-state index in [1.807, 2.05) is 6.92 Å². The average molecular weight is 585 g/mol. The Labute approximate surface area is 209 Å². The molecule has 1 atom stereocenters. The minimum absolute atomic E-state index is 0.00421. The molecule has 174 valence electrons. The molecule has 35 heavy (non-hydrogen) atoms. The van der Waals surface area contributed by atoms with Crippen LogP contribution in [0.25, 0.3) is 22.9 Å². The molecular weight excluding hydrogens is 571 g/mol. The van der Waals surface area contributed by atoms with Crippen molar-refractivity contribution in [3.8, 4) is 22.9 Å². The maximum Gasteiger partial charge on any atom is 0.239 e. The monoisotopic (exact) mass is 585 g/mol. The van der Waals surface area contributed by atoms with Gasteiger partial charge in [0.25, 0.3) is 0 Å². The molecule has 0 radical (unpaired) electrons. The summed E-state index contributed by atoms with van der Waals surface area (Å²) in [4.78, 5) is 22.2. The first-order valence-corrected chi connectivity index (χ1v) is 11.7. The molecule has 6 rings (SSSR count). The number of ketones is 1. The summed E-state index contributed by atoms with van der Waals surface area (Å²) < 4.78 is 36.3. The molecule has 4 heterocycles. The SMILES string of the molecule is CC(I)c1nc(-c2ncn3c2Cc2c(C(=O)c4ccc(F)cc4)nnn2-c2ccc(F)cc2-3)no1. The molecule has 1 unspecified atom stereocenters. The number of rotatable bonds is 4. The van der Waals surface area contributed by atoms with Crippen molar-refractivity contribution in [3.05, 3.63) is 89.0 Å². The molecule has 0 bridgehead atoms. The van der Waals surface area contributed by atoms with Crippen LogP contribution in [0.1, 0.15) is 44.2 Å². The number of alkyl halides is 1. The molecular formula is C23H14F2IN7O2. The summed E-state index contributed by atoms with van der Waals surface area (Å²) in [5.74, 6) is -0.585. The molecule has 3 aromatic heterocycles. The molecule has 0 N–H and O–H groups in total. The molecule has 0 amide bonds. The van der Waals surface area contributed by atoms with Gasteiger partial charge in [-0.15, -0.1) is 5.10 Å². The number of halogens is 3. The molecule has 9 nitrogen and oxygen atoms in total. The van der Waals surface area contributed by atoms with Crippen molar-refractivity contribution in [3.63, 3.8) is 0 Å². The lowest BCUT2D eigenvalue weighted by atomic mass is 10.0. The van der Waals surface area contributed by atoms with Gasteiger partial charge in [-0.2, -0.15) is 4.98 Å². The van der Waals surface area contributed by atoms with Gasteiger partial charge in [-0.25, -0.2) is 18.4 Å². The third kappa shape index (κ3) is 3.55. The van der Waals surface area contributed by atoms with Crippen LogP contribution in [0.4, 0.5) is 8.78 Å². The fraction of sp³-hybridized carbons (Fsp3) is 0.130. The van der Waals surface area contributed by atoms with Crippen LogP contribution in [-0.4, -0.2) is 40.5 Å². The second kappa shape index (κ2) is 8.15. The summed E-state index contributed by atoms with van der Waals surface area (Å²) in [5, 5.41) is 12.4. The first-order chi connectivity index (χ1) is 16.9. The van der Waals surface area contributed by atoms with Crippen LogP contribution in [0, 0.1) is 11.6 Å². The van der Waals surface area contributed by atoms with E-state index in [1.54, 1.807) is 17.0 Å². The van der Waals surface area contributed by atoms with Gasteiger partial charge in [0.05, 0.1) is 26.7 Å². The summed E-state index contributed by atoms with van der Waals surface area (Å²) in [5.41, 5.74) is 2.87. The van der Waals surface area contributed by atoms with E-state index in [9.17, 15) is 13.6 Å². The number of carbonyl (C=O) groups excluding carboxylic acids is 1. The predicted octanol–water partition coefficient (Wildman–Crippen LogP) is 4.41. The van der Waals surface area contributed by atoms with Gasteiger partial charge >= 0.3 is 0 Å². The fourth-order valence-corrected chi connectivity index (χ4v) is 4.28. The Kier molecular flexibility index (Phi) is 5.05. The molecule has 2 aromatic carbocycles. The van der Waals surface area contributed by atoms with Gasteiger partial charge in [0, 0.05) is 18.1 Å². The van der Waals surface area contributed by atoms with Gasteiger partial charge in [0.15, 0.2) is 5.69 Å². The van der Waals surface area contributed by atoms with Crippen LogP contribution >= 0.6 is 22.6 Å². The van der Waals surface area contributed by atoms with Crippen molar-refractivity contribution in [2.75, 3.05) is 0 Å². The van der Waals surface area contributed by atoms with Gasteiger partial charge in [0.1, 0.15) is 23.7 Å². The van der Waals surface area contributed by atoms with Gasteiger partial charge in [-0.05, 0) is 43.3 Å². The van der Waals surface area contributed by atoms with Crippen molar-refractivity contribution in [2.24, 2.45) is 0 Å². The Morgan fingerprint density at radius 2 is 1.86 bits per heavy atom. The van der Waals surface area contributed by atoms with E-state index in [2.05, 4.69) is 48.0 Å². The number of carbonyl (C=O) groups is 1. The second-order valence-corrected chi connectivity index (χ2v) is 9.79. The summed E-state index contributed by atoms with van der Waals surface area (Å²) in [7, 11) is 0. The van der Waals surface area contributed by atoms with E-state index < -0.39 is 17.4 Å². The normalized spacial score (nSPS) is 13.0. The Bertz CT molecular complexity index is 1600. The van der Waals surface area contributed by atoms with E-state index in [0.717, 1.165) is 0 Å². The Morgan fingerprint density at radius 3 is 2.60 bits per heavy atom. The van der Waals surface area contributed by atoms with Crippen LogP contribution in [-0.2, 0) is 6.42 Å². The lowest BCUT2D eigenvalue weighted by molar-refractivity contribution is 0.103. The number of nitrogens with zero attached hydrogens (tertiary/aromatic N) is 7. The van der Waals surface area contributed by atoms with E-state index >= 15 is 0 Å². The zero-order chi connectivity index (χ0) is 24.3.